The third-order valence-corrected chi connectivity index (χ3v) is 1.75. The van der Waals surface area contributed by atoms with Crippen LogP contribution in [-0.2, 0) is 6.42 Å². The molecule has 0 saturated carbocycles. The first-order valence-electron chi connectivity index (χ1n) is 4.25. The molecule has 0 unspecified atom stereocenters. The van der Waals surface area contributed by atoms with Crippen molar-refractivity contribution in [2.24, 2.45) is 0 Å². The SMILES string of the molecule is CCc1c(OC(F)(F)F)ccnc1OC. The molecule has 0 radical (unpaired) electrons. The van der Waals surface area contributed by atoms with Gasteiger partial charge >= 0.3 is 6.36 Å². The number of halogens is 3. The lowest BCUT2D eigenvalue weighted by molar-refractivity contribution is -0.274. The Kier molecular flexibility index (Phi) is 3.39. The summed E-state index contributed by atoms with van der Waals surface area (Å²) in [6.07, 6.45) is -3.14. The lowest BCUT2D eigenvalue weighted by atomic mass is 10.2. The van der Waals surface area contributed by atoms with Crippen LogP contribution in [-0.4, -0.2) is 18.5 Å². The quantitative estimate of drug-likeness (QED) is 0.786. The molecule has 0 aliphatic heterocycles. The van der Waals surface area contributed by atoms with Crippen LogP contribution in [0.3, 0.4) is 0 Å². The molecule has 15 heavy (non-hydrogen) atoms. The molecule has 1 heterocycles. The minimum absolute atomic E-state index is 0.152. The number of nitrogens with zero attached hydrogens (tertiary/aromatic N) is 1. The third kappa shape index (κ3) is 3.00. The molecule has 0 N–H and O–H groups in total. The molecule has 0 amide bonds. The number of ether oxygens (including phenoxy) is 2. The van der Waals surface area contributed by atoms with Gasteiger partial charge in [-0.2, -0.15) is 0 Å². The van der Waals surface area contributed by atoms with Crippen LogP contribution in [0.5, 0.6) is 11.6 Å². The normalized spacial score (nSPS) is 11.3. The predicted octanol–water partition coefficient (Wildman–Crippen LogP) is 2.55. The van der Waals surface area contributed by atoms with Crippen LogP contribution in [0.25, 0.3) is 0 Å². The summed E-state index contributed by atoms with van der Waals surface area (Å²) in [6, 6.07) is 1.16. The van der Waals surface area contributed by atoms with Crippen molar-refractivity contribution < 1.29 is 22.6 Å². The van der Waals surface area contributed by atoms with Crippen molar-refractivity contribution in [1.29, 1.82) is 0 Å². The zero-order valence-electron chi connectivity index (χ0n) is 8.26. The summed E-state index contributed by atoms with van der Waals surface area (Å²) in [5.41, 5.74) is 0.303. The monoisotopic (exact) mass is 221 g/mol. The number of pyridine rings is 1. The van der Waals surface area contributed by atoms with Crippen molar-refractivity contribution in [2.75, 3.05) is 7.11 Å². The fourth-order valence-electron chi connectivity index (χ4n) is 1.18. The number of hydrogen-bond donors (Lipinski definition) is 0. The van der Waals surface area contributed by atoms with Gasteiger partial charge in [0.05, 0.1) is 12.7 Å². The van der Waals surface area contributed by atoms with Crippen molar-refractivity contribution in [3.63, 3.8) is 0 Å². The van der Waals surface area contributed by atoms with E-state index in [1.807, 2.05) is 0 Å². The van der Waals surface area contributed by atoms with Gasteiger partial charge in [0.2, 0.25) is 5.88 Å². The first-order chi connectivity index (χ1) is 6.98. The lowest BCUT2D eigenvalue weighted by Gasteiger charge is -2.13. The van der Waals surface area contributed by atoms with Crippen molar-refractivity contribution in [3.8, 4) is 11.6 Å². The molecule has 3 nitrogen and oxygen atoms in total. The fraction of sp³-hybridized carbons (Fsp3) is 0.444. The van der Waals surface area contributed by atoms with E-state index in [1.54, 1.807) is 6.92 Å². The molecular weight excluding hydrogens is 211 g/mol. The summed E-state index contributed by atoms with van der Waals surface area (Å²) >= 11 is 0. The minimum Gasteiger partial charge on any atom is -0.481 e. The van der Waals surface area contributed by atoms with Crippen LogP contribution in [0.2, 0.25) is 0 Å². The summed E-state index contributed by atoms with van der Waals surface area (Å²) in [5.74, 6) is -0.115. The van der Waals surface area contributed by atoms with E-state index in [-0.39, 0.29) is 11.6 Å². The molecule has 0 fully saturated rings. The van der Waals surface area contributed by atoms with Crippen molar-refractivity contribution in [1.82, 2.24) is 4.98 Å². The van der Waals surface area contributed by atoms with Gasteiger partial charge in [0.1, 0.15) is 5.75 Å². The average Bonchev–Trinajstić information content (AvgIpc) is 2.15. The molecule has 84 valence electrons. The number of rotatable bonds is 3. The molecule has 0 aromatic carbocycles. The highest BCUT2D eigenvalue weighted by atomic mass is 19.4. The Balaban J connectivity index is 3.06. The Morgan fingerprint density at radius 2 is 2.07 bits per heavy atom. The molecule has 0 saturated heterocycles. The van der Waals surface area contributed by atoms with E-state index in [9.17, 15) is 13.2 Å². The topological polar surface area (TPSA) is 31.4 Å². The van der Waals surface area contributed by atoms with Crippen LogP contribution in [0.1, 0.15) is 12.5 Å². The second kappa shape index (κ2) is 4.37. The summed E-state index contributed by atoms with van der Waals surface area (Å²) in [6.45, 7) is 1.70. The van der Waals surface area contributed by atoms with Gasteiger partial charge in [0.15, 0.2) is 0 Å². The van der Waals surface area contributed by atoms with Gasteiger partial charge in [-0.1, -0.05) is 6.92 Å². The minimum atomic E-state index is -4.70. The summed E-state index contributed by atoms with van der Waals surface area (Å²) in [7, 11) is 1.35. The van der Waals surface area contributed by atoms with Gasteiger partial charge in [0.25, 0.3) is 0 Å². The second-order valence-corrected chi connectivity index (χ2v) is 2.70. The van der Waals surface area contributed by atoms with Gasteiger partial charge in [-0.25, -0.2) is 4.98 Å². The maximum atomic E-state index is 12.0. The Labute approximate surface area is 84.8 Å². The second-order valence-electron chi connectivity index (χ2n) is 2.70. The molecule has 1 rings (SSSR count). The smallest absolute Gasteiger partial charge is 0.481 e. The molecule has 0 spiro atoms. The third-order valence-electron chi connectivity index (χ3n) is 1.75. The molecule has 0 bridgehead atoms. The number of alkyl halides is 3. The largest absolute Gasteiger partial charge is 0.573 e. The van der Waals surface area contributed by atoms with E-state index >= 15 is 0 Å². The van der Waals surface area contributed by atoms with Crippen molar-refractivity contribution in [3.05, 3.63) is 17.8 Å². The van der Waals surface area contributed by atoms with Gasteiger partial charge < -0.3 is 9.47 Å². The summed E-state index contributed by atoms with van der Waals surface area (Å²) < 4.78 is 44.7. The zero-order chi connectivity index (χ0) is 11.5. The number of methoxy groups -OCH3 is 1. The lowest BCUT2D eigenvalue weighted by Crippen LogP contribution is -2.18. The van der Waals surface area contributed by atoms with E-state index in [0.717, 1.165) is 6.07 Å². The van der Waals surface area contributed by atoms with Gasteiger partial charge in [0, 0.05) is 6.20 Å². The Morgan fingerprint density at radius 3 is 2.53 bits per heavy atom. The van der Waals surface area contributed by atoms with Crippen LogP contribution in [0.15, 0.2) is 12.3 Å². The Hall–Kier alpha value is -1.46. The molecule has 1 aromatic heterocycles. The zero-order valence-corrected chi connectivity index (χ0v) is 8.26. The molecule has 0 aliphatic rings. The molecule has 0 atom stereocenters. The van der Waals surface area contributed by atoms with E-state index in [1.165, 1.54) is 13.3 Å². The maximum absolute atomic E-state index is 12.0. The van der Waals surface area contributed by atoms with Crippen molar-refractivity contribution >= 4 is 0 Å². The van der Waals surface area contributed by atoms with Crippen molar-refractivity contribution in [2.45, 2.75) is 19.7 Å². The Bertz CT molecular complexity index is 339. The molecule has 0 aliphatic carbocycles. The highest BCUT2D eigenvalue weighted by molar-refractivity contribution is 5.39. The fourth-order valence-corrected chi connectivity index (χ4v) is 1.18. The molecule has 1 aromatic rings. The van der Waals surface area contributed by atoms with Gasteiger partial charge in [-0.15, -0.1) is 13.2 Å². The number of aromatic nitrogens is 1. The van der Waals surface area contributed by atoms with E-state index in [2.05, 4.69) is 9.72 Å². The highest BCUT2D eigenvalue weighted by Gasteiger charge is 2.32. The van der Waals surface area contributed by atoms with E-state index < -0.39 is 6.36 Å². The average molecular weight is 221 g/mol. The highest BCUT2D eigenvalue weighted by Crippen LogP contribution is 2.30. The summed E-state index contributed by atoms with van der Waals surface area (Å²) in [5, 5.41) is 0. The number of hydrogen-bond acceptors (Lipinski definition) is 3. The van der Waals surface area contributed by atoms with Gasteiger partial charge in [-0.3, -0.25) is 0 Å². The maximum Gasteiger partial charge on any atom is 0.573 e. The van der Waals surface area contributed by atoms with E-state index in [4.69, 9.17) is 4.74 Å². The molecule has 6 heteroatoms. The predicted molar refractivity (Wildman–Crippen MR) is 46.9 cm³/mol. The first-order valence-corrected chi connectivity index (χ1v) is 4.25. The summed E-state index contributed by atoms with van der Waals surface area (Å²) in [4.78, 5) is 3.79. The van der Waals surface area contributed by atoms with Crippen LogP contribution in [0, 0.1) is 0 Å². The molecular formula is C9H10F3NO2. The van der Waals surface area contributed by atoms with Gasteiger partial charge in [-0.05, 0) is 12.5 Å². The standard InChI is InChI=1S/C9H10F3NO2/c1-3-6-7(15-9(10,11)12)4-5-13-8(6)14-2/h4-5H,3H2,1-2H3. The first kappa shape index (κ1) is 11.6. The van der Waals surface area contributed by atoms with E-state index in [0.29, 0.717) is 12.0 Å². The van der Waals surface area contributed by atoms with Crippen LogP contribution < -0.4 is 9.47 Å². The van der Waals surface area contributed by atoms with Crippen LogP contribution >= 0.6 is 0 Å². The Morgan fingerprint density at radius 1 is 1.40 bits per heavy atom. The van der Waals surface area contributed by atoms with Crippen LogP contribution in [0.4, 0.5) is 13.2 Å².